The Morgan fingerprint density at radius 1 is 0.579 bits per heavy atom. The summed E-state index contributed by atoms with van der Waals surface area (Å²) in [5.41, 5.74) is -6.72. The predicted molar refractivity (Wildman–Crippen MR) is 99.4 cm³/mol. The molecule has 0 aromatic rings. The van der Waals surface area contributed by atoms with E-state index in [-0.39, 0.29) is 6.08 Å². The van der Waals surface area contributed by atoms with E-state index in [0.717, 1.165) is 20.8 Å². The van der Waals surface area contributed by atoms with E-state index in [2.05, 4.69) is 13.3 Å². The number of unbranched alkanes of at least 4 members (excludes halogenated alkanes) is 1. The molecule has 38 heavy (non-hydrogen) atoms. The largest absolute Gasteiger partial charge is 0.582 e. The summed E-state index contributed by atoms with van der Waals surface area (Å²) in [6, 6.07) is 0. The second-order valence-corrected chi connectivity index (χ2v) is 10.00. The van der Waals surface area contributed by atoms with Crippen molar-refractivity contribution < 1.29 is 83.5 Å². The fraction of sp³-hybridized carbons (Fsp3) is 0.889. The fourth-order valence-electron chi connectivity index (χ4n) is 2.87. The van der Waals surface area contributed by atoms with Crippen molar-refractivity contribution in [2.45, 2.75) is 81.1 Å². The summed E-state index contributed by atoms with van der Waals surface area (Å²) in [5.74, 6) is -46.3. The van der Waals surface area contributed by atoms with Crippen LogP contribution in [-0.2, 0) is 13.3 Å². The van der Waals surface area contributed by atoms with Crippen LogP contribution in [0.1, 0.15) is 40.0 Å². The van der Waals surface area contributed by atoms with Gasteiger partial charge in [-0.05, 0) is 39.7 Å². The van der Waals surface area contributed by atoms with Gasteiger partial charge in [0.1, 0.15) is 0 Å². The van der Waals surface area contributed by atoms with Crippen molar-refractivity contribution >= 4 is 8.80 Å². The Kier molecular flexibility index (Phi) is 11.7. The van der Waals surface area contributed by atoms with Gasteiger partial charge in [-0.3, -0.25) is 0 Å². The SMILES string of the molecule is CCO[Si](OCC)(OCC)C(F)(F)C(F)(F)C(F)(F)C(F)(F)C(F)(F)C(F)(F)C(F)(F)CCCC=C(F)F. The van der Waals surface area contributed by atoms with Crippen LogP contribution in [0.3, 0.4) is 0 Å². The van der Waals surface area contributed by atoms with E-state index in [9.17, 15) is 70.2 Å². The van der Waals surface area contributed by atoms with Gasteiger partial charge in [0, 0.05) is 26.2 Å². The zero-order chi connectivity index (χ0) is 30.6. The molecule has 0 aliphatic rings. The van der Waals surface area contributed by atoms with E-state index in [4.69, 9.17) is 0 Å². The predicted octanol–water partition coefficient (Wildman–Crippen LogP) is 7.97. The highest BCUT2D eigenvalue weighted by Crippen LogP contribution is 2.63. The highest BCUT2D eigenvalue weighted by Gasteiger charge is 2.95. The molecule has 0 aromatic carbocycles. The third kappa shape index (κ3) is 5.91. The van der Waals surface area contributed by atoms with Gasteiger partial charge in [0.15, 0.2) is 0 Å². The summed E-state index contributed by atoms with van der Waals surface area (Å²) < 4.78 is 235. The lowest BCUT2D eigenvalue weighted by Crippen LogP contribution is -2.78. The minimum absolute atomic E-state index is 0.164. The zero-order valence-electron chi connectivity index (χ0n) is 19.6. The van der Waals surface area contributed by atoms with Crippen LogP contribution in [0.2, 0.25) is 0 Å². The van der Waals surface area contributed by atoms with E-state index in [0.29, 0.717) is 0 Å². The van der Waals surface area contributed by atoms with E-state index in [1.807, 2.05) is 0 Å². The first-order valence-corrected chi connectivity index (χ1v) is 12.1. The molecule has 0 saturated carbocycles. The van der Waals surface area contributed by atoms with Crippen molar-refractivity contribution in [3.8, 4) is 0 Å². The molecule has 0 rings (SSSR count). The normalized spacial score (nSPS) is 15.1. The monoisotopic (exact) mass is 618 g/mol. The summed E-state index contributed by atoms with van der Waals surface area (Å²) in [5, 5.41) is 0. The van der Waals surface area contributed by atoms with Crippen molar-refractivity contribution in [3.63, 3.8) is 0 Å². The molecule has 0 aromatic heterocycles. The molecule has 228 valence electrons. The maximum absolute atomic E-state index is 14.8. The van der Waals surface area contributed by atoms with Gasteiger partial charge in [-0.1, -0.05) is 0 Å². The molecule has 0 unspecified atom stereocenters. The number of hydrogen-bond acceptors (Lipinski definition) is 3. The quantitative estimate of drug-likeness (QED) is 0.0941. The van der Waals surface area contributed by atoms with Crippen LogP contribution in [0.25, 0.3) is 0 Å². The standard InChI is InChI=1S/C18H22F16O3Si/c1-4-35-38(36-5-2,37-6-3)18(33,34)17(31,32)16(29,30)15(27,28)14(25,26)13(23,24)12(21,22)10-8-7-9-11(19)20/h9H,4-8,10H2,1-3H3. The summed E-state index contributed by atoms with van der Waals surface area (Å²) in [6.45, 7) is -0.800. The molecule has 0 amide bonds. The average molecular weight is 618 g/mol. The molecular weight excluding hydrogens is 596 g/mol. The van der Waals surface area contributed by atoms with E-state index in [1.54, 1.807) is 0 Å². The van der Waals surface area contributed by atoms with Crippen LogP contribution in [0.5, 0.6) is 0 Å². The molecule has 0 N–H and O–H groups in total. The van der Waals surface area contributed by atoms with Gasteiger partial charge < -0.3 is 13.3 Å². The number of alkyl halides is 14. The van der Waals surface area contributed by atoms with Crippen LogP contribution in [0.4, 0.5) is 70.2 Å². The van der Waals surface area contributed by atoms with Crippen molar-refractivity contribution in [2.24, 2.45) is 0 Å². The molecular formula is C18H22F16O3Si. The first-order chi connectivity index (χ1) is 16.8. The van der Waals surface area contributed by atoms with Gasteiger partial charge in [0.25, 0.3) is 6.08 Å². The van der Waals surface area contributed by atoms with Crippen LogP contribution in [0.15, 0.2) is 12.2 Å². The maximum atomic E-state index is 14.8. The number of halogens is 16. The lowest BCUT2D eigenvalue weighted by Gasteiger charge is -2.45. The van der Waals surface area contributed by atoms with Crippen LogP contribution < -0.4 is 0 Å². The number of allylic oxidation sites excluding steroid dienone is 1. The Labute approximate surface area is 206 Å². The Hall–Kier alpha value is -1.28. The van der Waals surface area contributed by atoms with E-state index in [1.165, 1.54) is 0 Å². The lowest BCUT2D eigenvalue weighted by atomic mass is 9.89. The Morgan fingerprint density at radius 2 is 0.921 bits per heavy atom. The maximum Gasteiger partial charge on any atom is 0.582 e. The molecule has 20 heteroatoms. The van der Waals surface area contributed by atoms with Gasteiger partial charge in [-0.25, -0.2) is 0 Å². The van der Waals surface area contributed by atoms with Crippen molar-refractivity contribution in [1.29, 1.82) is 0 Å². The molecule has 0 bridgehead atoms. The third-order valence-corrected chi connectivity index (χ3v) is 7.90. The van der Waals surface area contributed by atoms with Gasteiger partial charge >= 0.3 is 49.9 Å². The van der Waals surface area contributed by atoms with Crippen LogP contribution >= 0.6 is 0 Å². The van der Waals surface area contributed by atoms with Crippen molar-refractivity contribution in [3.05, 3.63) is 12.2 Å². The van der Waals surface area contributed by atoms with E-state index >= 15 is 0 Å². The summed E-state index contributed by atoms with van der Waals surface area (Å²) in [6.07, 6.45) is -8.01. The Balaban J connectivity index is 6.77. The van der Waals surface area contributed by atoms with Crippen LogP contribution in [-0.4, -0.2) is 69.7 Å². The molecule has 0 aliphatic heterocycles. The molecule has 3 nitrogen and oxygen atoms in total. The first kappa shape index (κ1) is 36.7. The highest BCUT2D eigenvalue weighted by atomic mass is 28.4. The molecule has 0 atom stereocenters. The first-order valence-electron chi connectivity index (χ1n) is 10.4. The molecule has 0 fully saturated rings. The van der Waals surface area contributed by atoms with Gasteiger partial charge in [-0.2, -0.15) is 70.2 Å². The van der Waals surface area contributed by atoms with Gasteiger partial charge in [0.05, 0.1) is 0 Å². The topological polar surface area (TPSA) is 27.7 Å². The summed E-state index contributed by atoms with van der Waals surface area (Å²) >= 11 is 0. The lowest BCUT2D eigenvalue weighted by molar-refractivity contribution is -0.438. The fourth-order valence-corrected chi connectivity index (χ4v) is 5.35. The minimum atomic E-state index is -8.28. The summed E-state index contributed by atoms with van der Waals surface area (Å²) in [7, 11) is -6.56. The smallest absolute Gasteiger partial charge is 0.370 e. The summed E-state index contributed by atoms with van der Waals surface area (Å²) in [4.78, 5) is 0. The molecule has 0 heterocycles. The van der Waals surface area contributed by atoms with E-state index < -0.39 is 95.0 Å². The second kappa shape index (κ2) is 12.1. The van der Waals surface area contributed by atoms with Gasteiger partial charge in [0.2, 0.25) is 0 Å². The number of hydrogen-bond donors (Lipinski definition) is 0. The van der Waals surface area contributed by atoms with Crippen molar-refractivity contribution in [1.82, 2.24) is 0 Å². The average Bonchev–Trinajstić information content (AvgIpc) is 2.76. The number of rotatable bonds is 17. The Bertz CT molecular complexity index is 781. The molecule has 0 spiro atoms. The van der Waals surface area contributed by atoms with Crippen LogP contribution in [0, 0.1) is 0 Å². The van der Waals surface area contributed by atoms with Gasteiger partial charge in [-0.15, -0.1) is 0 Å². The molecule has 0 radical (unpaired) electrons. The third-order valence-electron chi connectivity index (χ3n) is 4.81. The molecule has 0 saturated heterocycles. The Morgan fingerprint density at radius 3 is 1.26 bits per heavy atom. The zero-order valence-corrected chi connectivity index (χ0v) is 20.6. The highest BCUT2D eigenvalue weighted by molar-refractivity contribution is 6.63. The molecule has 0 aliphatic carbocycles. The minimum Gasteiger partial charge on any atom is -0.370 e. The van der Waals surface area contributed by atoms with Crippen molar-refractivity contribution in [2.75, 3.05) is 19.8 Å². The second-order valence-electron chi connectivity index (χ2n) is 7.39.